The molecule has 2 atom stereocenters. The van der Waals surface area contributed by atoms with Crippen molar-refractivity contribution in [1.29, 1.82) is 0 Å². The van der Waals surface area contributed by atoms with E-state index in [1.54, 1.807) is 12.1 Å². The molecule has 1 saturated carbocycles. The normalized spacial score (nSPS) is 18.9. The van der Waals surface area contributed by atoms with Crippen LogP contribution in [-0.4, -0.2) is 35.6 Å². The highest BCUT2D eigenvalue weighted by atomic mass is 32.1. The van der Waals surface area contributed by atoms with Gasteiger partial charge < -0.3 is 20.5 Å². The van der Waals surface area contributed by atoms with Crippen molar-refractivity contribution in [2.45, 2.75) is 50.1 Å². The summed E-state index contributed by atoms with van der Waals surface area (Å²) in [5.41, 5.74) is -2.86. The quantitative estimate of drug-likeness (QED) is 0.251. The van der Waals surface area contributed by atoms with Gasteiger partial charge in [-0.2, -0.15) is 26.3 Å². The van der Waals surface area contributed by atoms with Gasteiger partial charge in [0.1, 0.15) is 11.5 Å². The topological polar surface area (TPSA) is 65.9 Å². The maximum atomic E-state index is 13.1. The van der Waals surface area contributed by atoms with Crippen molar-refractivity contribution in [1.82, 2.24) is 5.32 Å². The van der Waals surface area contributed by atoms with Crippen LogP contribution in [0, 0.1) is 0 Å². The maximum Gasteiger partial charge on any atom is 0.416 e. The molecule has 5 nitrogen and oxygen atoms in total. The van der Waals surface area contributed by atoms with Crippen molar-refractivity contribution >= 4 is 29.2 Å². The molecule has 0 amide bonds. The van der Waals surface area contributed by atoms with E-state index in [4.69, 9.17) is 17.0 Å². The number of rotatable bonds is 5. The second-order valence-corrected chi connectivity index (χ2v) is 8.46. The molecule has 35 heavy (non-hydrogen) atoms. The van der Waals surface area contributed by atoms with Gasteiger partial charge in [-0.15, -0.1) is 0 Å². The number of phenols is 1. The SMILES string of the molecule is COc1ccc(O)c(C=N[C@@H]2CCCC[C@H]2NC(=S)Nc2cc(C(F)(F)F)cc(C(F)(F)F)c2)c1. The zero-order valence-electron chi connectivity index (χ0n) is 18.5. The van der Waals surface area contributed by atoms with E-state index in [2.05, 4.69) is 15.6 Å². The van der Waals surface area contributed by atoms with Crippen LogP contribution in [0.15, 0.2) is 41.4 Å². The molecule has 0 unspecified atom stereocenters. The summed E-state index contributed by atoms with van der Waals surface area (Å²) in [7, 11) is 1.49. The van der Waals surface area contributed by atoms with Crippen molar-refractivity contribution in [2.75, 3.05) is 12.4 Å². The Morgan fingerprint density at radius 1 is 1.03 bits per heavy atom. The van der Waals surface area contributed by atoms with E-state index in [-0.39, 0.29) is 29.0 Å². The average molecular weight is 520 g/mol. The highest BCUT2D eigenvalue weighted by molar-refractivity contribution is 7.80. The van der Waals surface area contributed by atoms with Gasteiger partial charge in [0, 0.05) is 17.5 Å². The predicted molar refractivity (Wildman–Crippen MR) is 124 cm³/mol. The Kier molecular flexibility index (Phi) is 8.14. The molecule has 2 aromatic carbocycles. The van der Waals surface area contributed by atoms with E-state index < -0.39 is 29.2 Å². The number of aliphatic imine (C=N–C) groups is 1. The fraction of sp³-hybridized carbons (Fsp3) is 0.391. The molecule has 0 saturated heterocycles. The molecule has 0 spiro atoms. The number of nitrogens with zero attached hydrogens (tertiary/aromatic N) is 1. The number of benzene rings is 2. The number of hydrogen-bond acceptors (Lipinski definition) is 4. The first-order chi connectivity index (χ1) is 16.4. The summed E-state index contributed by atoms with van der Waals surface area (Å²) in [6.45, 7) is 0. The molecule has 0 radical (unpaired) electrons. The van der Waals surface area contributed by atoms with Gasteiger partial charge in [-0.1, -0.05) is 12.8 Å². The fourth-order valence-corrected chi connectivity index (χ4v) is 4.03. The first-order valence-electron chi connectivity index (χ1n) is 10.6. The Morgan fingerprint density at radius 2 is 1.66 bits per heavy atom. The molecular weight excluding hydrogens is 496 g/mol. The standard InChI is InChI=1S/C23H23F6N3O2S/c1-34-17-6-7-20(33)13(8-17)12-30-18-4-2-3-5-19(18)32-21(35)31-16-10-14(22(24,25)26)9-15(11-16)23(27,28)29/h6-12,18-19,33H,2-5H2,1H3,(H2,31,32,35)/t18-,19-/m1/s1. The first kappa shape index (κ1) is 26.6. The molecule has 1 aliphatic rings. The summed E-state index contributed by atoms with van der Waals surface area (Å²) < 4.78 is 83.8. The average Bonchev–Trinajstić information content (AvgIpc) is 2.78. The molecule has 0 heterocycles. The number of anilines is 1. The number of phenolic OH excluding ortho intramolecular Hbond substituents is 1. The highest BCUT2D eigenvalue weighted by Crippen LogP contribution is 2.37. The van der Waals surface area contributed by atoms with Crippen molar-refractivity contribution in [3.05, 3.63) is 53.1 Å². The Balaban J connectivity index is 1.75. The van der Waals surface area contributed by atoms with Crippen LogP contribution in [-0.2, 0) is 12.4 Å². The third-order valence-electron chi connectivity index (χ3n) is 5.53. The van der Waals surface area contributed by atoms with E-state index in [1.807, 2.05) is 0 Å². The number of nitrogens with one attached hydrogen (secondary N) is 2. The van der Waals surface area contributed by atoms with Crippen LogP contribution >= 0.6 is 12.2 Å². The van der Waals surface area contributed by atoms with Gasteiger partial charge >= 0.3 is 12.4 Å². The van der Waals surface area contributed by atoms with Gasteiger partial charge in [-0.3, -0.25) is 4.99 Å². The Morgan fingerprint density at radius 3 is 2.26 bits per heavy atom. The second kappa shape index (κ2) is 10.7. The number of hydrogen-bond donors (Lipinski definition) is 3. The number of methoxy groups -OCH3 is 1. The summed E-state index contributed by atoms with van der Waals surface area (Å²) in [4.78, 5) is 4.54. The Bertz CT molecular complexity index is 1060. The van der Waals surface area contributed by atoms with Gasteiger partial charge in [0.15, 0.2) is 5.11 Å². The Hall–Kier alpha value is -3.02. The molecule has 0 aliphatic heterocycles. The van der Waals surface area contributed by atoms with Gasteiger partial charge in [-0.25, -0.2) is 0 Å². The largest absolute Gasteiger partial charge is 0.507 e. The van der Waals surface area contributed by atoms with Gasteiger partial charge in [0.2, 0.25) is 0 Å². The molecule has 3 rings (SSSR count). The summed E-state index contributed by atoms with van der Waals surface area (Å²) in [5.74, 6) is 0.546. The van der Waals surface area contributed by atoms with Crippen LogP contribution in [0.4, 0.5) is 32.0 Å². The summed E-state index contributed by atoms with van der Waals surface area (Å²) in [6.07, 6.45) is -5.36. The second-order valence-electron chi connectivity index (χ2n) is 8.05. The van der Waals surface area contributed by atoms with Crippen molar-refractivity contribution < 1.29 is 36.2 Å². The van der Waals surface area contributed by atoms with E-state index in [0.29, 0.717) is 36.3 Å². The number of alkyl halides is 6. The number of thiocarbonyl (C=S) groups is 1. The van der Waals surface area contributed by atoms with Crippen LogP contribution < -0.4 is 15.4 Å². The van der Waals surface area contributed by atoms with E-state index in [0.717, 1.165) is 12.8 Å². The summed E-state index contributed by atoms with van der Waals surface area (Å²) in [5, 5.41) is 15.3. The molecule has 0 bridgehead atoms. The molecule has 0 aromatic heterocycles. The van der Waals surface area contributed by atoms with Crippen LogP contribution in [0.5, 0.6) is 11.5 Å². The number of ether oxygens (including phenoxy) is 1. The third-order valence-corrected chi connectivity index (χ3v) is 5.75. The smallest absolute Gasteiger partial charge is 0.416 e. The monoisotopic (exact) mass is 519 g/mol. The lowest BCUT2D eigenvalue weighted by atomic mass is 9.91. The number of halogens is 6. The minimum atomic E-state index is -4.96. The lowest BCUT2D eigenvalue weighted by Crippen LogP contribution is -2.46. The molecule has 1 aliphatic carbocycles. The van der Waals surface area contributed by atoms with E-state index in [9.17, 15) is 31.4 Å². The van der Waals surface area contributed by atoms with E-state index in [1.165, 1.54) is 19.4 Å². The zero-order valence-corrected chi connectivity index (χ0v) is 19.3. The van der Waals surface area contributed by atoms with Crippen LogP contribution in [0.1, 0.15) is 42.4 Å². The molecule has 12 heteroatoms. The van der Waals surface area contributed by atoms with Crippen LogP contribution in [0.25, 0.3) is 0 Å². The lowest BCUT2D eigenvalue weighted by molar-refractivity contribution is -0.143. The first-order valence-corrected chi connectivity index (χ1v) is 11.0. The molecule has 3 N–H and O–H groups in total. The zero-order chi connectivity index (χ0) is 25.8. The van der Waals surface area contributed by atoms with Gasteiger partial charge in [0.25, 0.3) is 0 Å². The fourth-order valence-electron chi connectivity index (χ4n) is 3.76. The number of aromatic hydroxyl groups is 1. The highest BCUT2D eigenvalue weighted by Gasteiger charge is 2.37. The molecule has 190 valence electrons. The minimum Gasteiger partial charge on any atom is -0.507 e. The third kappa shape index (κ3) is 7.23. The molecular formula is C23H23F6N3O2S. The van der Waals surface area contributed by atoms with Crippen LogP contribution in [0.3, 0.4) is 0 Å². The Labute approximate surface area is 203 Å². The van der Waals surface area contributed by atoms with Crippen molar-refractivity contribution in [3.63, 3.8) is 0 Å². The lowest BCUT2D eigenvalue weighted by Gasteiger charge is -2.30. The van der Waals surface area contributed by atoms with Gasteiger partial charge in [-0.05, 0) is 61.5 Å². The maximum absolute atomic E-state index is 13.1. The van der Waals surface area contributed by atoms with Crippen molar-refractivity contribution in [3.8, 4) is 11.5 Å². The van der Waals surface area contributed by atoms with Crippen molar-refractivity contribution in [2.24, 2.45) is 4.99 Å². The summed E-state index contributed by atoms with van der Waals surface area (Å²) >= 11 is 5.18. The van der Waals surface area contributed by atoms with E-state index >= 15 is 0 Å². The molecule has 1 fully saturated rings. The minimum absolute atomic E-state index is 0.0112. The summed E-state index contributed by atoms with van der Waals surface area (Å²) in [6, 6.07) is 5.31. The predicted octanol–water partition coefficient (Wildman–Crippen LogP) is 6.16. The molecule has 2 aromatic rings. The van der Waals surface area contributed by atoms with Crippen LogP contribution in [0.2, 0.25) is 0 Å². The van der Waals surface area contributed by atoms with Gasteiger partial charge in [0.05, 0.1) is 30.3 Å².